The molecule has 1 unspecified atom stereocenters. The van der Waals surface area contributed by atoms with E-state index >= 15 is 0 Å². The van der Waals surface area contributed by atoms with Crippen LogP contribution in [0, 0.1) is 5.82 Å². The molecule has 0 bridgehead atoms. The fourth-order valence-electron chi connectivity index (χ4n) is 2.27. The zero-order valence-electron chi connectivity index (χ0n) is 11.5. The van der Waals surface area contributed by atoms with E-state index in [0.717, 1.165) is 10.9 Å². The number of fused-ring (bicyclic) bond motifs is 1. The summed E-state index contributed by atoms with van der Waals surface area (Å²) in [5.74, 6) is -0.250. The van der Waals surface area contributed by atoms with Gasteiger partial charge in [0.1, 0.15) is 11.9 Å². The van der Waals surface area contributed by atoms with Crippen molar-refractivity contribution in [3.63, 3.8) is 0 Å². The first kappa shape index (κ1) is 14.6. The van der Waals surface area contributed by atoms with E-state index in [1.165, 1.54) is 17.4 Å². The van der Waals surface area contributed by atoms with Gasteiger partial charge in [0, 0.05) is 22.9 Å². The van der Waals surface area contributed by atoms with E-state index in [1.54, 1.807) is 18.2 Å². The smallest absolute Gasteiger partial charge is 0.207 e. The van der Waals surface area contributed by atoms with E-state index in [-0.39, 0.29) is 12.4 Å². The Kier molecular flexibility index (Phi) is 4.13. The number of carbonyl (C=O) groups is 1. The first-order valence-electron chi connectivity index (χ1n) is 6.69. The molecule has 6 heteroatoms. The van der Waals surface area contributed by atoms with Crippen molar-refractivity contribution < 1.29 is 14.3 Å². The van der Waals surface area contributed by atoms with Crippen LogP contribution < -0.4 is 5.32 Å². The molecule has 1 aromatic carbocycles. The third-order valence-electron chi connectivity index (χ3n) is 3.33. The minimum atomic E-state index is -0.883. The second-order valence-corrected chi connectivity index (χ2v) is 5.64. The van der Waals surface area contributed by atoms with Gasteiger partial charge in [-0.25, -0.2) is 9.37 Å². The molecule has 0 aliphatic rings. The molecule has 4 nitrogen and oxygen atoms in total. The van der Waals surface area contributed by atoms with E-state index in [1.807, 2.05) is 17.5 Å². The number of hydrogen-bond donors (Lipinski definition) is 2. The van der Waals surface area contributed by atoms with Crippen molar-refractivity contribution in [2.75, 3.05) is 6.54 Å². The van der Waals surface area contributed by atoms with Gasteiger partial charge in [-0.05, 0) is 18.2 Å². The summed E-state index contributed by atoms with van der Waals surface area (Å²) in [6.07, 6.45) is -0.353. The molecule has 22 heavy (non-hydrogen) atoms. The SMILES string of the molecule is O=CNCC(O)c1cccc(-c2csc3c(F)cccc23)n1. The van der Waals surface area contributed by atoms with Crippen LogP contribution >= 0.6 is 11.3 Å². The maximum Gasteiger partial charge on any atom is 0.207 e. The van der Waals surface area contributed by atoms with Crippen LogP contribution in [0.1, 0.15) is 11.8 Å². The zero-order chi connectivity index (χ0) is 15.5. The van der Waals surface area contributed by atoms with Gasteiger partial charge in [0.05, 0.1) is 16.1 Å². The molecule has 2 aromatic heterocycles. The third-order valence-corrected chi connectivity index (χ3v) is 4.34. The minimum absolute atomic E-state index is 0.0962. The summed E-state index contributed by atoms with van der Waals surface area (Å²) in [4.78, 5) is 14.7. The van der Waals surface area contributed by atoms with Crippen molar-refractivity contribution in [3.8, 4) is 11.3 Å². The summed E-state index contributed by atoms with van der Waals surface area (Å²) in [7, 11) is 0. The van der Waals surface area contributed by atoms with Gasteiger partial charge in [-0.2, -0.15) is 0 Å². The predicted octanol–water partition coefficient (Wildman–Crippen LogP) is 2.88. The second-order valence-electron chi connectivity index (χ2n) is 4.76. The van der Waals surface area contributed by atoms with Crippen molar-refractivity contribution in [1.82, 2.24) is 10.3 Å². The summed E-state index contributed by atoms with van der Waals surface area (Å²) in [5, 5.41) is 15.1. The molecule has 1 atom stereocenters. The van der Waals surface area contributed by atoms with Crippen LogP contribution in [0.25, 0.3) is 21.3 Å². The van der Waals surface area contributed by atoms with Gasteiger partial charge in [0.15, 0.2) is 0 Å². The molecule has 2 N–H and O–H groups in total. The lowest BCUT2D eigenvalue weighted by molar-refractivity contribution is -0.110. The quantitative estimate of drug-likeness (QED) is 0.712. The van der Waals surface area contributed by atoms with Crippen LogP contribution in [0.2, 0.25) is 0 Å². The van der Waals surface area contributed by atoms with E-state index in [4.69, 9.17) is 0 Å². The van der Waals surface area contributed by atoms with Gasteiger partial charge in [-0.1, -0.05) is 18.2 Å². The van der Waals surface area contributed by atoms with E-state index in [2.05, 4.69) is 10.3 Å². The highest BCUT2D eigenvalue weighted by Crippen LogP contribution is 2.34. The number of thiophene rings is 1. The lowest BCUT2D eigenvalue weighted by atomic mass is 10.1. The van der Waals surface area contributed by atoms with Crippen molar-refractivity contribution in [3.05, 3.63) is 53.3 Å². The molecule has 3 aromatic rings. The van der Waals surface area contributed by atoms with Crippen LogP contribution in [-0.4, -0.2) is 23.0 Å². The molecule has 0 aliphatic heterocycles. The standard InChI is InChI=1S/C16H13FN2O2S/c17-12-4-1-3-10-11(8-22-16(10)12)13-5-2-6-14(19-13)15(21)7-18-9-20/h1-6,8-9,15,21H,7H2,(H,18,20). The largest absolute Gasteiger partial charge is 0.385 e. The monoisotopic (exact) mass is 316 g/mol. The maximum atomic E-state index is 13.8. The molecule has 0 spiro atoms. The average molecular weight is 316 g/mol. The number of nitrogens with zero attached hydrogens (tertiary/aromatic N) is 1. The molecule has 0 saturated carbocycles. The molecule has 0 radical (unpaired) electrons. The minimum Gasteiger partial charge on any atom is -0.385 e. The lowest BCUT2D eigenvalue weighted by Crippen LogP contribution is -2.20. The molecular weight excluding hydrogens is 303 g/mol. The normalized spacial score (nSPS) is 12.3. The number of pyridine rings is 1. The highest BCUT2D eigenvalue weighted by atomic mass is 32.1. The van der Waals surface area contributed by atoms with Crippen molar-refractivity contribution in [2.45, 2.75) is 6.10 Å². The molecule has 1 amide bonds. The predicted molar refractivity (Wildman–Crippen MR) is 84.0 cm³/mol. The number of rotatable bonds is 5. The Hall–Kier alpha value is -2.31. The summed E-state index contributed by atoms with van der Waals surface area (Å²) in [6, 6.07) is 10.2. The summed E-state index contributed by atoms with van der Waals surface area (Å²) in [5.41, 5.74) is 1.96. The Labute approximate surface area is 130 Å². The molecule has 0 saturated heterocycles. The first-order chi connectivity index (χ1) is 10.7. The molecular formula is C16H13FN2O2S. The molecule has 0 aliphatic carbocycles. The number of aliphatic hydroxyl groups is 1. The maximum absolute atomic E-state index is 13.8. The molecule has 0 fully saturated rings. The average Bonchev–Trinajstić information content (AvgIpc) is 2.98. The fraction of sp³-hybridized carbons (Fsp3) is 0.125. The van der Waals surface area contributed by atoms with Crippen LogP contribution in [0.4, 0.5) is 4.39 Å². The first-order valence-corrected chi connectivity index (χ1v) is 7.57. The second kappa shape index (κ2) is 6.21. The number of halogens is 1. The number of carbonyl (C=O) groups excluding carboxylic acids is 1. The van der Waals surface area contributed by atoms with Crippen LogP contribution in [0.3, 0.4) is 0 Å². The Morgan fingerprint density at radius 1 is 1.32 bits per heavy atom. The lowest BCUT2D eigenvalue weighted by Gasteiger charge is -2.10. The Balaban J connectivity index is 2.00. The zero-order valence-corrected chi connectivity index (χ0v) is 12.3. The van der Waals surface area contributed by atoms with Crippen molar-refractivity contribution in [1.29, 1.82) is 0 Å². The third kappa shape index (κ3) is 2.70. The Bertz CT molecular complexity index is 819. The van der Waals surface area contributed by atoms with Gasteiger partial charge >= 0.3 is 0 Å². The van der Waals surface area contributed by atoms with Crippen LogP contribution in [0.15, 0.2) is 41.8 Å². The van der Waals surface area contributed by atoms with Crippen LogP contribution in [-0.2, 0) is 4.79 Å². The van der Waals surface area contributed by atoms with Crippen molar-refractivity contribution >= 4 is 27.8 Å². The number of nitrogens with one attached hydrogen (secondary N) is 1. The number of aliphatic hydroxyl groups excluding tert-OH is 1. The number of benzene rings is 1. The van der Waals surface area contributed by atoms with Gasteiger partial charge in [0.2, 0.25) is 6.41 Å². The summed E-state index contributed by atoms with van der Waals surface area (Å²) >= 11 is 1.33. The Morgan fingerprint density at radius 3 is 2.95 bits per heavy atom. The topological polar surface area (TPSA) is 62.2 Å². The fourth-order valence-corrected chi connectivity index (χ4v) is 3.24. The molecule has 2 heterocycles. The molecule has 112 valence electrons. The highest BCUT2D eigenvalue weighted by molar-refractivity contribution is 7.17. The van der Waals surface area contributed by atoms with Gasteiger partial charge in [0.25, 0.3) is 0 Å². The van der Waals surface area contributed by atoms with Gasteiger partial charge < -0.3 is 10.4 Å². The summed E-state index contributed by atoms with van der Waals surface area (Å²) < 4.78 is 14.4. The Morgan fingerprint density at radius 2 is 2.14 bits per heavy atom. The summed E-state index contributed by atoms with van der Waals surface area (Å²) in [6.45, 7) is 0.0962. The number of amides is 1. The highest BCUT2D eigenvalue weighted by Gasteiger charge is 2.13. The van der Waals surface area contributed by atoms with E-state index in [9.17, 15) is 14.3 Å². The van der Waals surface area contributed by atoms with Crippen molar-refractivity contribution in [2.24, 2.45) is 0 Å². The number of hydrogen-bond acceptors (Lipinski definition) is 4. The molecule has 3 rings (SSSR count). The van der Waals surface area contributed by atoms with Crippen LogP contribution in [0.5, 0.6) is 0 Å². The van der Waals surface area contributed by atoms with Gasteiger partial charge in [-0.15, -0.1) is 11.3 Å². The number of aromatic nitrogens is 1. The van der Waals surface area contributed by atoms with E-state index in [0.29, 0.717) is 22.5 Å². The van der Waals surface area contributed by atoms with Gasteiger partial charge in [-0.3, -0.25) is 4.79 Å². The van der Waals surface area contributed by atoms with E-state index < -0.39 is 6.10 Å².